The van der Waals surface area contributed by atoms with Gasteiger partial charge in [-0.15, -0.1) is 0 Å². The van der Waals surface area contributed by atoms with Gasteiger partial charge in [0.1, 0.15) is 11.6 Å². The Kier molecular flexibility index (Phi) is 6.01. The van der Waals surface area contributed by atoms with Gasteiger partial charge >= 0.3 is 5.97 Å². The number of carbonyl (C=O) groups excluding carboxylic acids is 1. The second-order valence-electron chi connectivity index (χ2n) is 6.97. The van der Waals surface area contributed by atoms with E-state index in [-0.39, 0.29) is 17.6 Å². The van der Waals surface area contributed by atoms with Gasteiger partial charge in [0.05, 0.1) is 18.5 Å². The molecule has 3 rings (SSSR count). The SMILES string of the molecule is COC(=O)c1nc(Cc2ccc(F)cc2)c(N[C@@H]2CCNC[C@H]2C)nc1C. The average Bonchev–Trinajstić information content (AvgIpc) is 2.66. The lowest BCUT2D eigenvalue weighted by atomic mass is 9.95. The highest BCUT2D eigenvalue weighted by Gasteiger charge is 2.24. The van der Waals surface area contributed by atoms with Gasteiger partial charge < -0.3 is 15.4 Å². The molecule has 1 aliphatic heterocycles. The maximum atomic E-state index is 13.2. The molecule has 0 saturated carbocycles. The number of hydrogen-bond donors (Lipinski definition) is 2. The topological polar surface area (TPSA) is 76.1 Å². The summed E-state index contributed by atoms with van der Waals surface area (Å²) in [5, 5.41) is 6.90. The lowest BCUT2D eigenvalue weighted by Crippen LogP contribution is -2.42. The predicted molar refractivity (Wildman–Crippen MR) is 101 cm³/mol. The Labute approximate surface area is 158 Å². The van der Waals surface area contributed by atoms with Crippen molar-refractivity contribution in [2.24, 2.45) is 5.92 Å². The third-order valence-electron chi connectivity index (χ3n) is 4.91. The molecule has 2 aromatic rings. The van der Waals surface area contributed by atoms with Gasteiger partial charge in [-0.25, -0.2) is 19.2 Å². The maximum absolute atomic E-state index is 13.2. The van der Waals surface area contributed by atoms with Crippen LogP contribution in [0.3, 0.4) is 0 Å². The number of benzene rings is 1. The molecule has 2 N–H and O–H groups in total. The van der Waals surface area contributed by atoms with Crippen LogP contribution >= 0.6 is 0 Å². The van der Waals surface area contributed by atoms with E-state index in [4.69, 9.17) is 4.74 Å². The zero-order valence-corrected chi connectivity index (χ0v) is 15.9. The first kappa shape index (κ1) is 19.2. The van der Waals surface area contributed by atoms with Crippen LogP contribution in [0.1, 0.15) is 40.8 Å². The summed E-state index contributed by atoms with van der Waals surface area (Å²) >= 11 is 0. The number of halogens is 1. The molecule has 144 valence electrons. The summed E-state index contributed by atoms with van der Waals surface area (Å²) in [6.07, 6.45) is 1.43. The normalized spacial score (nSPS) is 19.6. The molecular weight excluding hydrogens is 347 g/mol. The van der Waals surface area contributed by atoms with Crippen molar-refractivity contribution >= 4 is 11.8 Å². The molecule has 0 unspecified atom stereocenters. The number of aromatic nitrogens is 2. The van der Waals surface area contributed by atoms with E-state index in [1.165, 1.54) is 19.2 Å². The van der Waals surface area contributed by atoms with Crippen molar-refractivity contribution < 1.29 is 13.9 Å². The highest BCUT2D eigenvalue weighted by molar-refractivity contribution is 5.88. The zero-order chi connectivity index (χ0) is 19.4. The molecule has 1 saturated heterocycles. The third-order valence-corrected chi connectivity index (χ3v) is 4.91. The molecule has 0 aliphatic carbocycles. The number of nitrogens with zero attached hydrogens (tertiary/aromatic N) is 2. The van der Waals surface area contributed by atoms with Crippen LogP contribution in [0.5, 0.6) is 0 Å². The Morgan fingerprint density at radius 1 is 1.33 bits per heavy atom. The molecular formula is C20H25FN4O2. The number of aryl methyl sites for hydroxylation is 1. The van der Waals surface area contributed by atoms with E-state index in [1.807, 2.05) is 0 Å². The summed E-state index contributed by atoms with van der Waals surface area (Å²) in [6.45, 7) is 5.82. The highest BCUT2D eigenvalue weighted by Crippen LogP contribution is 2.22. The second kappa shape index (κ2) is 8.43. The number of methoxy groups -OCH3 is 1. The lowest BCUT2D eigenvalue weighted by molar-refractivity contribution is 0.0592. The molecule has 0 spiro atoms. The van der Waals surface area contributed by atoms with E-state index < -0.39 is 5.97 Å². The summed E-state index contributed by atoms with van der Waals surface area (Å²) in [4.78, 5) is 21.2. The van der Waals surface area contributed by atoms with E-state index >= 15 is 0 Å². The van der Waals surface area contributed by atoms with E-state index in [2.05, 4.69) is 27.5 Å². The van der Waals surface area contributed by atoms with Gasteiger partial charge in [0.15, 0.2) is 5.69 Å². The van der Waals surface area contributed by atoms with Gasteiger partial charge in [0.2, 0.25) is 0 Å². The van der Waals surface area contributed by atoms with Crippen LogP contribution in [0, 0.1) is 18.7 Å². The predicted octanol–water partition coefficient (Wildman–Crippen LogP) is 2.71. The van der Waals surface area contributed by atoms with E-state index in [1.54, 1.807) is 19.1 Å². The van der Waals surface area contributed by atoms with Gasteiger partial charge in [-0.3, -0.25) is 0 Å². The van der Waals surface area contributed by atoms with Crippen molar-refractivity contribution in [3.8, 4) is 0 Å². The summed E-state index contributed by atoms with van der Waals surface area (Å²) in [7, 11) is 1.33. The molecule has 1 aliphatic rings. The first-order valence-electron chi connectivity index (χ1n) is 9.15. The zero-order valence-electron chi connectivity index (χ0n) is 15.9. The second-order valence-corrected chi connectivity index (χ2v) is 6.97. The molecule has 7 heteroatoms. The average molecular weight is 372 g/mol. The van der Waals surface area contributed by atoms with E-state index in [9.17, 15) is 9.18 Å². The van der Waals surface area contributed by atoms with Crippen LogP contribution in [-0.4, -0.2) is 42.2 Å². The van der Waals surface area contributed by atoms with Crippen LogP contribution in [-0.2, 0) is 11.2 Å². The quantitative estimate of drug-likeness (QED) is 0.786. The minimum absolute atomic E-state index is 0.207. The first-order chi connectivity index (χ1) is 13.0. The molecule has 1 aromatic carbocycles. The standard InChI is InChI=1S/C20H25FN4O2/c1-12-11-22-9-8-16(12)25-19-17(10-14-4-6-15(21)7-5-14)24-18(13(2)23-19)20(26)27-3/h4-7,12,16,22H,8-11H2,1-3H3,(H,23,25)/t12-,16-/m1/s1. The highest BCUT2D eigenvalue weighted by atomic mass is 19.1. The summed E-state index contributed by atoms with van der Waals surface area (Å²) < 4.78 is 18.0. The Hall–Kier alpha value is -2.54. The van der Waals surface area contributed by atoms with Crippen LogP contribution in [0.25, 0.3) is 0 Å². The summed E-state index contributed by atoms with van der Waals surface area (Å²) in [6, 6.07) is 6.54. The van der Waals surface area contributed by atoms with Gasteiger partial charge in [0, 0.05) is 12.5 Å². The molecule has 1 aromatic heterocycles. The van der Waals surface area contributed by atoms with Crippen LogP contribution < -0.4 is 10.6 Å². The molecule has 6 nitrogen and oxygen atoms in total. The molecule has 2 atom stereocenters. The number of esters is 1. The molecule has 27 heavy (non-hydrogen) atoms. The number of anilines is 1. The number of nitrogens with one attached hydrogen (secondary N) is 2. The monoisotopic (exact) mass is 372 g/mol. The number of piperidine rings is 1. The van der Waals surface area contributed by atoms with E-state index in [0.29, 0.717) is 29.5 Å². The fraction of sp³-hybridized carbons (Fsp3) is 0.450. The fourth-order valence-corrected chi connectivity index (χ4v) is 3.28. The minimum Gasteiger partial charge on any atom is -0.464 e. The van der Waals surface area contributed by atoms with Crippen molar-refractivity contribution in [3.63, 3.8) is 0 Å². The van der Waals surface area contributed by atoms with Crippen molar-refractivity contribution in [1.82, 2.24) is 15.3 Å². The molecule has 1 fully saturated rings. The molecule has 0 bridgehead atoms. The smallest absolute Gasteiger partial charge is 0.358 e. The van der Waals surface area contributed by atoms with Gasteiger partial charge in [-0.1, -0.05) is 19.1 Å². The first-order valence-corrected chi connectivity index (χ1v) is 9.15. The van der Waals surface area contributed by atoms with Crippen molar-refractivity contribution in [1.29, 1.82) is 0 Å². The van der Waals surface area contributed by atoms with Crippen molar-refractivity contribution in [3.05, 3.63) is 52.7 Å². The molecule has 2 heterocycles. The number of rotatable bonds is 5. The minimum atomic E-state index is -0.512. The lowest BCUT2D eigenvalue weighted by Gasteiger charge is -2.31. The summed E-state index contributed by atoms with van der Waals surface area (Å²) in [5.41, 5.74) is 2.28. The van der Waals surface area contributed by atoms with Crippen molar-refractivity contribution in [2.75, 3.05) is 25.5 Å². The maximum Gasteiger partial charge on any atom is 0.358 e. The van der Waals surface area contributed by atoms with Gasteiger partial charge in [-0.2, -0.15) is 0 Å². The Bertz CT molecular complexity index is 810. The Morgan fingerprint density at radius 3 is 2.74 bits per heavy atom. The number of carbonyl (C=O) groups is 1. The number of hydrogen-bond acceptors (Lipinski definition) is 6. The fourth-order valence-electron chi connectivity index (χ4n) is 3.28. The van der Waals surface area contributed by atoms with Gasteiger partial charge in [-0.05, 0) is 50.0 Å². The largest absolute Gasteiger partial charge is 0.464 e. The van der Waals surface area contributed by atoms with Gasteiger partial charge in [0.25, 0.3) is 0 Å². The van der Waals surface area contributed by atoms with Crippen molar-refractivity contribution in [2.45, 2.75) is 32.7 Å². The number of ether oxygens (including phenoxy) is 1. The Morgan fingerprint density at radius 2 is 2.07 bits per heavy atom. The summed E-state index contributed by atoms with van der Waals surface area (Å²) in [5.74, 6) is 0.316. The molecule has 0 amide bonds. The van der Waals surface area contributed by atoms with Crippen LogP contribution in [0.15, 0.2) is 24.3 Å². The van der Waals surface area contributed by atoms with Crippen LogP contribution in [0.2, 0.25) is 0 Å². The van der Waals surface area contributed by atoms with Crippen LogP contribution in [0.4, 0.5) is 10.2 Å². The Balaban J connectivity index is 1.95. The molecule has 0 radical (unpaired) electrons. The third kappa shape index (κ3) is 4.60. The van der Waals surface area contributed by atoms with E-state index in [0.717, 1.165) is 25.1 Å².